The summed E-state index contributed by atoms with van der Waals surface area (Å²) < 4.78 is 12.1. The van der Waals surface area contributed by atoms with E-state index in [0.29, 0.717) is 28.1 Å². The highest BCUT2D eigenvalue weighted by Gasteiger charge is 2.37. The van der Waals surface area contributed by atoms with Crippen LogP contribution in [-0.4, -0.2) is 30.6 Å². The lowest BCUT2D eigenvalue weighted by molar-refractivity contribution is -0.122. The number of carbonyl (C=O) groups is 3. The molecule has 0 radical (unpaired) electrons. The first-order chi connectivity index (χ1) is 14.7. The molecule has 0 aromatic heterocycles. The molecule has 2 aromatic rings. The Morgan fingerprint density at radius 1 is 1.19 bits per heavy atom. The first-order valence-electron chi connectivity index (χ1n) is 9.51. The largest absolute Gasteiger partial charge is 0.490 e. The molecule has 0 saturated carbocycles. The van der Waals surface area contributed by atoms with E-state index in [2.05, 4.69) is 21.2 Å². The van der Waals surface area contributed by atoms with Crippen LogP contribution in [0.5, 0.6) is 11.5 Å². The van der Waals surface area contributed by atoms with Gasteiger partial charge in [-0.1, -0.05) is 23.7 Å². The number of urea groups is 1. The molecule has 0 unspecified atom stereocenters. The van der Waals surface area contributed by atoms with Crippen LogP contribution in [0.15, 0.2) is 46.4 Å². The van der Waals surface area contributed by atoms with E-state index in [4.69, 9.17) is 21.1 Å². The zero-order valence-electron chi connectivity index (χ0n) is 17.1. The Bertz CT molecular complexity index is 1080. The van der Waals surface area contributed by atoms with Gasteiger partial charge in [0.2, 0.25) is 0 Å². The van der Waals surface area contributed by atoms with E-state index in [-0.39, 0.29) is 22.4 Å². The van der Waals surface area contributed by atoms with E-state index in [1.54, 1.807) is 30.3 Å². The molecule has 3 rings (SSSR count). The van der Waals surface area contributed by atoms with Crippen LogP contribution < -0.4 is 19.7 Å². The highest BCUT2D eigenvalue weighted by molar-refractivity contribution is 9.10. The second-order valence-corrected chi connectivity index (χ2v) is 8.10. The molecule has 31 heavy (non-hydrogen) atoms. The van der Waals surface area contributed by atoms with Crippen molar-refractivity contribution in [2.45, 2.75) is 26.9 Å². The smallest absolute Gasteiger partial charge is 0.335 e. The van der Waals surface area contributed by atoms with Gasteiger partial charge in [0, 0.05) is 0 Å². The van der Waals surface area contributed by atoms with Gasteiger partial charge in [-0.25, -0.2) is 9.69 Å². The van der Waals surface area contributed by atoms with Crippen molar-refractivity contribution in [3.63, 3.8) is 0 Å². The van der Waals surface area contributed by atoms with Gasteiger partial charge in [-0.05, 0) is 72.6 Å². The average molecular weight is 508 g/mol. The monoisotopic (exact) mass is 506 g/mol. The Labute approximate surface area is 193 Å². The number of hydrogen-bond acceptors (Lipinski definition) is 5. The molecule has 1 fully saturated rings. The summed E-state index contributed by atoms with van der Waals surface area (Å²) in [5.41, 5.74) is 0.478. The van der Waals surface area contributed by atoms with Crippen LogP contribution in [0.1, 0.15) is 26.3 Å². The van der Waals surface area contributed by atoms with Crippen molar-refractivity contribution < 1.29 is 23.9 Å². The minimum Gasteiger partial charge on any atom is -0.490 e. The Morgan fingerprint density at radius 2 is 1.90 bits per heavy atom. The average Bonchev–Trinajstić information content (AvgIpc) is 2.69. The van der Waals surface area contributed by atoms with Crippen LogP contribution in [0, 0.1) is 0 Å². The van der Waals surface area contributed by atoms with Crippen LogP contribution in [0.4, 0.5) is 10.5 Å². The predicted molar refractivity (Wildman–Crippen MR) is 122 cm³/mol. The minimum atomic E-state index is -0.864. The topological polar surface area (TPSA) is 84.9 Å². The lowest BCUT2D eigenvalue weighted by Gasteiger charge is -2.27. The molecule has 1 N–H and O–H groups in total. The van der Waals surface area contributed by atoms with Crippen molar-refractivity contribution in [2.24, 2.45) is 0 Å². The molecule has 4 amide bonds. The Hall–Kier alpha value is -2.84. The van der Waals surface area contributed by atoms with Crippen molar-refractivity contribution >= 4 is 57.1 Å². The second kappa shape index (κ2) is 9.53. The van der Waals surface area contributed by atoms with Crippen molar-refractivity contribution in [3.8, 4) is 11.5 Å². The highest BCUT2D eigenvalue weighted by Crippen LogP contribution is 2.38. The van der Waals surface area contributed by atoms with Gasteiger partial charge < -0.3 is 9.47 Å². The molecule has 7 nitrogen and oxygen atoms in total. The molecule has 0 aliphatic carbocycles. The summed E-state index contributed by atoms with van der Waals surface area (Å²) in [4.78, 5) is 38.7. The molecule has 2 aromatic carbocycles. The SMILES string of the molecule is CCOc1cc(/C=C2\C(=O)NC(=O)N(c3ccccc3Cl)C2=O)cc(Br)c1OC(C)C. The number of barbiturate groups is 1. The molecule has 1 aliphatic rings. The number of carbonyl (C=O) groups excluding carboxylic acids is 3. The van der Waals surface area contributed by atoms with Crippen molar-refractivity contribution in [1.82, 2.24) is 5.32 Å². The number of anilines is 1. The Morgan fingerprint density at radius 3 is 2.55 bits per heavy atom. The number of halogens is 2. The van der Waals surface area contributed by atoms with Gasteiger partial charge in [0.15, 0.2) is 11.5 Å². The first kappa shape index (κ1) is 22.8. The predicted octanol–water partition coefficient (Wildman–Crippen LogP) is 4.95. The third-order valence-corrected chi connectivity index (χ3v) is 5.10. The van der Waals surface area contributed by atoms with Crippen LogP contribution >= 0.6 is 27.5 Å². The molecule has 1 saturated heterocycles. The maximum atomic E-state index is 13.1. The van der Waals surface area contributed by atoms with Crippen molar-refractivity contribution in [2.75, 3.05) is 11.5 Å². The normalized spacial score (nSPS) is 15.5. The van der Waals surface area contributed by atoms with E-state index in [0.717, 1.165) is 4.90 Å². The quantitative estimate of drug-likeness (QED) is 0.441. The van der Waals surface area contributed by atoms with Gasteiger partial charge in [0.1, 0.15) is 5.57 Å². The summed E-state index contributed by atoms with van der Waals surface area (Å²) in [6.07, 6.45) is 1.31. The highest BCUT2D eigenvalue weighted by atomic mass is 79.9. The standard InChI is InChI=1S/C22H20BrClN2O5/c1-4-30-18-11-13(10-15(23)19(18)31-12(2)3)9-14-20(27)25-22(29)26(21(14)28)17-8-6-5-7-16(17)24/h5-12H,4H2,1-3H3,(H,25,27,29)/b14-9+. The third-order valence-electron chi connectivity index (χ3n) is 4.19. The van der Waals surface area contributed by atoms with Crippen LogP contribution in [-0.2, 0) is 9.59 Å². The van der Waals surface area contributed by atoms with E-state index in [9.17, 15) is 14.4 Å². The maximum Gasteiger partial charge on any atom is 0.335 e. The van der Waals surface area contributed by atoms with Gasteiger partial charge in [-0.15, -0.1) is 0 Å². The van der Waals surface area contributed by atoms with Crippen molar-refractivity contribution in [1.29, 1.82) is 0 Å². The zero-order valence-corrected chi connectivity index (χ0v) is 19.4. The number of amides is 4. The third kappa shape index (κ3) is 4.91. The number of ether oxygens (including phenoxy) is 2. The first-order valence-corrected chi connectivity index (χ1v) is 10.7. The summed E-state index contributed by atoms with van der Waals surface area (Å²) in [5.74, 6) is -0.597. The molecule has 9 heteroatoms. The Balaban J connectivity index is 2.05. The second-order valence-electron chi connectivity index (χ2n) is 6.84. The summed E-state index contributed by atoms with van der Waals surface area (Å²) in [7, 11) is 0. The number of para-hydroxylation sites is 1. The number of rotatable bonds is 6. The fourth-order valence-corrected chi connectivity index (χ4v) is 3.73. The zero-order chi connectivity index (χ0) is 22.7. The number of benzene rings is 2. The molecule has 1 heterocycles. The number of nitrogens with zero attached hydrogens (tertiary/aromatic N) is 1. The fourth-order valence-electron chi connectivity index (χ4n) is 2.96. The molecule has 1 aliphatic heterocycles. The van der Waals surface area contributed by atoms with Gasteiger partial charge in [0.25, 0.3) is 11.8 Å². The number of hydrogen-bond donors (Lipinski definition) is 1. The van der Waals surface area contributed by atoms with E-state index < -0.39 is 17.8 Å². The number of nitrogens with one attached hydrogen (secondary N) is 1. The van der Waals surface area contributed by atoms with Gasteiger partial charge >= 0.3 is 6.03 Å². The number of imide groups is 2. The van der Waals surface area contributed by atoms with E-state index in [1.165, 1.54) is 12.1 Å². The Kier molecular flexibility index (Phi) is 7.02. The van der Waals surface area contributed by atoms with E-state index >= 15 is 0 Å². The summed E-state index contributed by atoms with van der Waals surface area (Å²) in [6, 6.07) is 8.89. The molecule has 0 bridgehead atoms. The van der Waals surface area contributed by atoms with Gasteiger partial charge in [0.05, 0.1) is 27.9 Å². The van der Waals surface area contributed by atoms with E-state index in [1.807, 2.05) is 20.8 Å². The minimum absolute atomic E-state index is 0.0828. The molecule has 0 atom stereocenters. The van der Waals surface area contributed by atoms with Crippen LogP contribution in [0.3, 0.4) is 0 Å². The lowest BCUT2D eigenvalue weighted by atomic mass is 10.1. The molecular formula is C22H20BrClN2O5. The summed E-state index contributed by atoms with van der Waals surface area (Å²) >= 11 is 9.61. The fraction of sp³-hybridized carbons (Fsp3) is 0.227. The molecular weight excluding hydrogens is 488 g/mol. The molecule has 162 valence electrons. The summed E-state index contributed by atoms with van der Waals surface area (Å²) in [5, 5.41) is 2.39. The molecule has 0 spiro atoms. The van der Waals surface area contributed by atoms with Gasteiger partial charge in [-0.3, -0.25) is 14.9 Å². The van der Waals surface area contributed by atoms with Crippen LogP contribution in [0.25, 0.3) is 6.08 Å². The van der Waals surface area contributed by atoms with Gasteiger partial charge in [-0.2, -0.15) is 0 Å². The lowest BCUT2D eigenvalue weighted by Crippen LogP contribution is -2.54. The maximum absolute atomic E-state index is 13.1. The van der Waals surface area contributed by atoms with Crippen molar-refractivity contribution in [3.05, 3.63) is 57.0 Å². The van der Waals surface area contributed by atoms with Crippen LogP contribution in [0.2, 0.25) is 5.02 Å². The summed E-state index contributed by atoms with van der Waals surface area (Å²) in [6.45, 7) is 6.02.